The number of rotatable bonds is 12. The fourth-order valence-corrected chi connectivity index (χ4v) is 4.66. The van der Waals surface area contributed by atoms with E-state index in [0.717, 1.165) is 16.7 Å². The quantitative estimate of drug-likeness (QED) is 0.339. The van der Waals surface area contributed by atoms with E-state index in [-0.39, 0.29) is 35.8 Å². The number of halogens is 1. The van der Waals surface area contributed by atoms with Crippen LogP contribution in [0.1, 0.15) is 36.1 Å². The highest BCUT2D eigenvalue weighted by atomic mass is 32.2. The summed E-state index contributed by atoms with van der Waals surface area (Å²) in [7, 11) is 0. The van der Waals surface area contributed by atoms with Crippen LogP contribution in [0, 0.1) is 18.7 Å². The Bertz CT molecular complexity index is 1100. The predicted octanol–water partition coefficient (Wildman–Crippen LogP) is 5.78. The smallest absolute Gasteiger partial charge is 0.243 e. The van der Waals surface area contributed by atoms with Gasteiger partial charge in [0.15, 0.2) is 0 Å². The molecule has 0 saturated carbocycles. The first-order valence-corrected chi connectivity index (χ1v) is 13.5. The molecule has 0 bridgehead atoms. The molecule has 0 fully saturated rings. The molecule has 2 amide bonds. The largest absolute Gasteiger partial charge is 0.354 e. The number of benzene rings is 3. The third-order valence-electron chi connectivity index (χ3n) is 5.84. The van der Waals surface area contributed by atoms with Gasteiger partial charge in [-0.1, -0.05) is 86.1 Å². The van der Waals surface area contributed by atoms with Gasteiger partial charge in [0.1, 0.15) is 11.9 Å². The van der Waals surface area contributed by atoms with E-state index in [1.165, 1.54) is 29.5 Å². The van der Waals surface area contributed by atoms with Crippen LogP contribution >= 0.6 is 11.8 Å². The van der Waals surface area contributed by atoms with E-state index in [1.807, 2.05) is 51.1 Å². The van der Waals surface area contributed by atoms with Crippen LogP contribution in [0.4, 0.5) is 4.39 Å². The van der Waals surface area contributed by atoms with Crippen LogP contribution in [-0.4, -0.2) is 35.1 Å². The topological polar surface area (TPSA) is 49.4 Å². The van der Waals surface area contributed by atoms with Crippen molar-refractivity contribution in [2.24, 2.45) is 5.92 Å². The summed E-state index contributed by atoms with van der Waals surface area (Å²) in [6.45, 7) is 6.89. The van der Waals surface area contributed by atoms with Crippen LogP contribution in [0.15, 0.2) is 78.9 Å². The maximum Gasteiger partial charge on any atom is 0.243 e. The molecule has 0 spiro atoms. The van der Waals surface area contributed by atoms with E-state index in [4.69, 9.17) is 0 Å². The second kappa shape index (κ2) is 13.8. The van der Waals surface area contributed by atoms with Gasteiger partial charge in [0, 0.05) is 25.3 Å². The number of nitrogens with zero attached hydrogens (tertiary/aromatic N) is 1. The monoisotopic (exact) mass is 506 g/mol. The van der Waals surface area contributed by atoms with Gasteiger partial charge in [-0.15, -0.1) is 11.8 Å². The average Bonchev–Trinajstić information content (AvgIpc) is 2.87. The van der Waals surface area contributed by atoms with E-state index in [1.54, 1.807) is 17.0 Å². The predicted molar refractivity (Wildman–Crippen MR) is 146 cm³/mol. The van der Waals surface area contributed by atoms with Crippen molar-refractivity contribution in [1.29, 1.82) is 0 Å². The number of aryl methyl sites for hydroxylation is 1. The van der Waals surface area contributed by atoms with Crippen molar-refractivity contribution in [3.63, 3.8) is 0 Å². The van der Waals surface area contributed by atoms with Crippen molar-refractivity contribution in [3.05, 3.63) is 107 Å². The first-order chi connectivity index (χ1) is 17.3. The molecule has 0 aliphatic carbocycles. The molecule has 3 rings (SSSR count). The van der Waals surface area contributed by atoms with E-state index in [0.29, 0.717) is 18.7 Å². The third kappa shape index (κ3) is 8.83. The Hall–Kier alpha value is -3.12. The number of hydrogen-bond acceptors (Lipinski definition) is 3. The minimum atomic E-state index is -0.677. The van der Waals surface area contributed by atoms with E-state index >= 15 is 0 Å². The highest BCUT2D eigenvalue weighted by molar-refractivity contribution is 7.99. The molecule has 0 aliphatic heterocycles. The van der Waals surface area contributed by atoms with Crippen molar-refractivity contribution >= 4 is 23.6 Å². The summed E-state index contributed by atoms with van der Waals surface area (Å²) in [5.74, 6) is 0.624. The molecule has 3 aromatic rings. The van der Waals surface area contributed by atoms with Crippen molar-refractivity contribution in [2.75, 3.05) is 12.3 Å². The van der Waals surface area contributed by atoms with Crippen LogP contribution in [0.3, 0.4) is 0 Å². The molecule has 1 N–H and O–H groups in total. The molecule has 0 aromatic heterocycles. The van der Waals surface area contributed by atoms with Crippen LogP contribution in [0.5, 0.6) is 0 Å². The Kier molecular flexibility index (Phi) is 10.6. The van der Waals surface area contributed by atoms with Crippen LogP contribution < -0.4 is 5.32 Å². The lowest BCUT2D eigenvalue weighted by Gasteiger charge is -2.32. The maximum absolute atomic E-state index is 13.6. The van der Waals surface area contributed by atoms with Crippen molar-refractivity contribution < 1.29 is 14.0 Å². The number of hydrogen-bond donors (Lipinski definition) is 1. The van der Waals surface area contributed by atoms with Gasteiger partial charge >= 0.3 is 0 Å². The molecule has 0 heterocycles. The van der Waals surface area contributed by atoms with Crippen molar-refractivity contribution in [3.8, 4) is 0 Å². The normalized spacial score (nSPS) is 11.8. The van der Waals surface area contributed by atoms with Gasteiger partial charge in [-0.05, 0) is 41.7 Å². The molecule has 1 atom stereocenters. The van der Waals surface area contributed by atoms with Crippen LogP contribution in [-0.2, 0) is 28.3 Å². The highest BCUT2D eigenvalue weighted by Gasteiger charge is 2.30. The van der Waals surface area contributed by atoms with Gasteiger partial charge in [0.05, 0.1) is 5.75 Å². The Morgan fingerprint density at radius 2 is 1.53 bits per heavy atom. The van der Waals surface area contributed by atoms with Gasteiger partial charge in [-0.25, -0.2) is 4.39 Å². The number of carbonyl (C=O) groups is 2. The van der Waals surface area contributed by atoms with Gasteiger partial charge in [-0.3, -0.25) is 9.59 Å². The fraction of sp³-hybridized carbons (Fsp3) is 0.333. The first-order valence-electron chi connectivity index (χ1n) is 12.3. The summed E-state index contributed by atoms with van der Waals surface area (Å²) in [4.78, 5) is 28.6. The zero-order chi connectivity index (χ0) is 25.9. The Balaban J connectivity index is 1.82. The molecule has 6 heteroatoms. The van der Waals surface area contributed by atoms with E-state index in [9.17, 15) is 14.0 Å². The highest BCUT2D eigenvalue weighted by Crippen LogP contribution is 2.19. The molecular weight excluding hydrogens is 471 g/mol. The second-order valence-electron chi connectivity index (χ2n) is 9.47. The Morgan fingerprint density at radius 1 is 0.889 bits per heavy atom. The molecule has 0 unspecified atom stereocenters. The molecule has 0 aliphatic rings. The SMILES string of the molecule is Cc1ccc(CSCC(=O)N(Cc2ccc(F)cc2)[C@@H](Cc2ccccc2)C(=O)NCC(C)C)cc1. The minimum absolute atomic E-state index is 0.114. The number of nitrogens with one attached hydrogen (secondary N) is 1. The lowest BCUT2D eigenvalue weighted by Crippen LogP contribution is -2.51. The summed E-state index contributed by atoms with van der Waals surface area (Å²) < 4.78 is 13.5. The summed E-state index contributed by atoms with van der Waals surface area (Å²) in [6.07, 6.45) is 0.403. The molecule has 36 heavy (non-hydrogen) atoms. The lowest BCUT2D eigenvalue weighted by atomic mass is 10.0. The minimum Gasteiger partial charge on any atom is -0.354 e. The average molecular weight is 507 g/mol. The van der Waals surface area contributed by atoms with Crippen molar-refractivity contribution in [1.82, 2.24) is 10.2 Å². The molecule has 3 aromatic carbocycles. The second-order valence-corrected chi connectivity index (χ2v) is 10.5. The van der Waals surface area contributed by atoms with E-state index < -0.39 is 6.04 Å². The van der Waals surface area contributed by atoms with E-state index in [2.05, 4.69) is 29.6 Å². The third-order valence-corrected chi connectivity index (χ3v) is 6.83. The maximum atomic E-state index is 13.6. The zero-order valence-electron chi connectivity index (χ0n) is 21.2. The molecule has 0 saturated heterocycles. The zero-order valence-corrected chi connectivity index (χ0v) is 22.1. The first kappa shape index (κ1) is 27.5. The summed E-state index contributed by atoms with van der Waals surface area (Å²) in [6, 6.07) is 23.4. The summed E-state index contributed by atoms with van der Waals surface area (Å²) in [5, 5.41) is 3.02. The standard InChI is InChI=1S/C30H35FN2O2S/c1-22(2)18-32-30(35)28(17-24-7-5-4-6-8-24)33(19-25-13-15-27(31)16-14-25)29(34)21-36-20-26-11-9-23(3)10-12-26/h4-16,22,28H,17-21H2,1-3H3,(H,32,35)/t28-/m0/s1. The number of thioether (sulfide) groups is 1. The Morgan fingerprint density at radius 3 is 2.17 bits per heavy atom. The summed E-state index contributed by atoms with van der Waals surface area (Å²) in [5.41, 5.74) is 4.11. The van der Waals surface area contributed by atoms with Gasteiger partial charge < -0.3 is 10.2 Å². The fourth-order valence-electron chi connectivity index (χ4n) is 3.79. The molecule has 190 valence electrons. The van der Waals surface area contributed by atoms with Gasteiger partial charge in [0.2, 0.25) is 11.8 Å². The van der Waals surface area contributed by atoms with Gasteiger partial charge in [0.25, 0.3) is 0 Å². The molecule has 4 nitrogen and oxygen atoms in total. The molecule has 0 radical (unpaired) electrons. The number of amides is 2. The van der Waals surface area contributed by atoms with Crippen LogP contribution in [0.2, 0.25) is 0 Å². The summed E-state index contributed by atoms with van der Waals surface area (Å²) >= 11 is 1.53. The van der Waals surface area contributed by atoms with Crippen molar-refractivity contribution in [2.45, 2.75) is 45.5 Å². The Labute approximate surface area is 218 Å². The number of carbonyl (C=O) groups excluding carboxylic acids is 2. The van der Waals surface area contributed by atoms with Crippen LogP contribution in [0.25, 0.3) is 0 Å². The van der Waals surface area contributed by atoms with Gasteiger partial charge in [-0.2, -0.15) is 0 Å². The molecular formula is C30H35FN2O2S. The lowest BCUT2D eigenvalue weighted by molar-refractivity contribution is -0.139.